The molecule has 7 heteroatoms. The van der Waals surface area contributed by atoms with Gasteiger partial charge in [-0.05, 0) is 49.7 Å². The van der Waals surface area contributed by atoms with Gasteiger partial charge in [-0.25, -0.2) is 18.7 Å². The van der Waals surface area contributed by atoms with Crippen LogP contribution in [0.25, 0.3) is 0 Å². The minimum Gasteiger partial charge on any atom is -0.321 e. The zero-order valence-corrected chi connectivity index (χ0v) is 14.9. The Morgan fingerprint density at radius 1 is 1.11 bits per heavy atom. The summed E-state index contributed by atoms with van der Waals surface area (Å²) in [6.07, 6.45) is 1.49. The van der Waals surface area contributed by atoms with Gasteiger partial charge in [0, 0.05) is 30.2 Å². The van der Waals surface area contributed by atoms with E-state index in [4.69, 9.17) is 0 Å². The summed E-state index contributed by atoms with van der Waals surface area (Å²) in [6.45, 7) is 4.56. The quantitative estimate of drug-likeness (QED) is 0.722. The van der Waals surface area contributed by atoms with E-state index in [9.17, 15) is 13.6 Å². The number of hydrogen-bond donors (Lipinski definition) is 1. The number of amides is 1. The second kappa shape index (κ2) is 7.90. The summed E-state index contributed by atoms with van der Waals surface area (Å²) in [7, 11) is 0. The molecule has 1 heterocycles. The molecule has 0 atom stereocenters. The summed E-state index contributed by atoms with van der Waals surface area (Å²) in [5, 5.41) is 2.50. The zero-order valence-electron chi connectivity index (χ0n) is 14.9. The lowest BCUT2D eigenvalue weighted by Crippen LogP contribution is -2.21. The van der Waals surface area contributed by atoms with Gasteiger partial charge in [-0.1, -0.05) is 12.1 Å². The van der Waals surface area contributed by atoms with Crippen LogP contribution < -0.4 is 10.2 Å². The van der Waals surface area contributed by atoms with E-state index in [2.05, 4.69) is 15.3 Å². The van der Waals surface area contributed by atoms with Gasteiger partial charge < -0.3 is 10.2 Å². The first-order valence-corrected chi connectivity index (χ1v) is 8.41. The standard InChI is InChI=1S/C20H18F2N4O/c1-3-26(15-6-4-5-13(2)11-15)20-23-10-9-18(25-20)19(27)24-14-7-8-16(21)17(22)12-14/h4-12H,3H2,1-2H3,(H,24,27). The predicted octanol–water partition coefficient (Wildman–Crippen LogP) is 4.47. The van der Waals surface area contributed by atoms with Gasteiger partial charge in [-0.3, -0.25) is 4.79 Å². The molecule has 0 saturated heterocycles. The summed E-state index contributed by atoms with van der Waals surface area (Å²) in [4.78, 5) is 22.9. The summed E-state index contributed by atoms with van der Waals surface area (Å²) >= 11 is 0. The summed E-state index contributed by atoms with van der Waals surface area (Å²) in [5.41, 5.74) is 2.27. The van der Waals surface area contributed by atoms with Gasteiger partial charge in [0.05, 0.1) is 0 Å². The number of rotatable bonds is 5. The number of aryl methyl sites for hydroxylation is 1. The summed E-state index contributed by atoms with van der Waals surface area (Å²) in [5.74, 6) is -2.17. The van der Waals surface area contributed by atoms with E-state index >= 15 is 0 Å². The number of nitrogens with one attached hydrogen (secondary N) is 1. The molecule has 3 rings (SSSR count). The highest BCUT2D eigenvalue weighted by atomic mass is 19.2. The van der Waals surface area contributed by atoms with Crippen LogP contribution in [0.2, 0.25) is 0 Å². The molecule has 1 amide bonds. The summed E-state index contributed by atoms with van der Waals surface area (Å²) in [6, 6.07) is 12.5. The smallest absolute Gasteiger partial charge is 0.274 e. The monoisotopic (exact) mass is 368 g/mol. The third kappa shape index (κ3) is 4.25. The first-order valence-electron chi connectivity index (χ1n) is 8.41. The van der Waals surface area contributed by atoms with Crippen molar-refractivity contribution >= 4 is 23.2 Å². The number of carbonyl (C=O) groups excluding carboxylic acids is 1. The van der Waals surface area contributed by atoms with Crippen LogP contribution in [0.4, 0.5) is 26.1 Å². The minimum absolute atomic E-state index is 0.121. The number of nitrogens with zero attached hydrogens (tertiary/aromatic N) is 3. The minimum atomic E-state index is -1.03. The number of benzene rings is 2. The molecule has 0 fully saturated rings. The molecule has 0 unspecified atom stereocenters. The molecule has 0 saturated carbocycles. The second-order valence-electron chi connectivity index (χ2n) is 5.91. The van der Waals surface area contributed by atoms with E-state index in [1.165, 1.54) is 18.3 Å². The van der Waals surface area contributed by atoms with Crippen LogP contribution in [0.3, 0.4) is 0 Å². The van der Waals surface area contributed by atoms with Gasteiger partial charge in [0.15, 0.2) is 11.6 Å². The number of hydrogen-bond acceptors (Lipinski definition) is 4. The lowest BCUT2D eigenvalue weighted by atomic mass is 10.2. The largest absolute Gasteiger partial charge is 0.321 e. The fourth-order valence-corrected chi connectivity index (χ4v) is 2.61. The fourth-order valence-electron chi connectivity index (χ4n) is 2.61. The second-order valence-corrected chi connectivity index (χ2v) is 5.91. The molecule has 0 spiro atoms. The molecule has 138 valence electrons. The maximum Gasteiger partial charge on any atom is 0.274 e. The van der Waals surface area contributed by atoms with Crippen LogP contribution in [0, 0.1) is 18.6 Å². The van der Waals surface area contributed by atoms with Crippen molar-refractivity contribution in [1.29, 1.82) is 0 Å². The van der Waals surface area contributed by atoms with Crippen LogP contribution in [-0.2, 0) is 0 Å². The highest BCUT2D eigenvalue weighted by Gasteiger charge is 2.15. The Kier molecular flexibility index (Phi) is 5.40. The van der Waals surface area contributed by atoms with Crippen LogP contribution in [0.15, 0.2) is 54.7 Å². The van der Waals surface area contributed by atoms with Crippen LogP contribution in [0.1, 0.15) is 23.0 Å². The van der Waals surface area contributed by atoms with Crippen molar-refractivity contribution < 1.29 is 13.6 Å². The molecule has 3 aromatic rings. The molecule has 1 aromatic heterocycles. The van der Waals surface area contributed by atoms with Crippen molar-refractivity contribution in [2.45, 2.75) is 13.8 Å². The number of carbonyl (C=O) groups is 1. The Balaban J connectivity index is 1.85. The third-order valence-corrected chi connectivity index (χ3v) is 3.92. The predicted molar refractivity (Wildman–Crippen MR) is 100 cm³/mol. The highest BCUT2D eigenvalue weighted by molar-refractivity contribution is 6.03. The molecule has 27 heavy (non-hydrogen) atoms. The number of anilines is 3. The molecule has 5 nitrogen and oxygen atoms in total. The van der Waals surface area contributed by atoms with E-state index in [1.807, 2.05) is 43.0 Å². The Morgan fingerprint density at radius 3 is 2.63 bits per heavy atom. The van der Waals surface area contributed by atoms with Crippen molar-refractivity contribution in [2.24, 2.45) is 0 Å². The lowest BCUT2D eigenvalue weighted by molar-refractivity contribution is 0.102. The van der Waals surface area contributed by atoms with E-state index in [0.717, 1.165) is 23.4 Å². The zero-order chi connectivity index (χ0) is 19.4. The van der Waals surface area contributed by atoms with Crippen LogP contribution in [-0.4, -0.2) is 22.4 Å². The third-order valence-electron chi connectivity index (χ3n) is 3.92. The van der Waals surface area contributed by atoms with Gasteiger partial charge in [0.1, 0.15) is 5.69 Å². The average molecular weight is 368 g/mol. The van der Waals surface area contributed by atoms with Crippen molar-refractivity contribution in [3.63, 3.8) is 0 Å². The topological polar surface area (TPSA) is 58.1 Å². The Labute approximate surface area is 155 Å². The lowest BCUT2D eigenvalue weighted by Gasteiger charge is -2.21. The molecular weight excluding hydrogens is 350 g/mol. The van der Waals surface area contributed by atoms with Gasteiger partial charge in [-0.15, -0.1) is 0 Å². The van der Waals surface area contributed by atoms with Crippen LogP contribution in [0.5, 0.6) is 0 Å². The highest BCUT2D eigenvalue weighted by Crippen LogP contribution is 2.23. The molecule has 0 aliphatic rings. The Hall–Kier alpha value is -3.35. The van der Waals surface area contributed by atoms with Crippen molar-refractivity contribution in [3.05, 3.63) is 77.6 Å². The summed E-state index contributed by atoms with van der Waals surface area (Å²) < 4.78 is 26.3. The molecule has 0 aliphatic carbocycles. The first kappa shape index (κ1) is 18.4. The molecular formula is C20H18F2N4O. The van der Waals surface area contributed by atoms with Crippen molar-refractivity contribution in [3.8, 4) is 0 Å². The SMILES string of the molecule is CCN(c1cccc(C)c1)c1nccc(C(=O)Nc2ccc(F)c(F)c2)n1. The van der Waals surface area contributed by atoms with Gasteiger partial charge in [0.2, 0.25) is 5.95 Å². The molecule has 2 aromatic carbocycles. The molecule has 0 aliphatic heterocycles. The normalized spacial score (nSPS) is 10.5. The Bertz CT molecular complexity index is 978. The number of halogens is 2. The molecule has 0 radical (unpaired) electrons. The van der Waals surface area contributed by atoms with E-state index in [0.29, 0.717) is 12.5 Å². The van der Waals surface area contributed by atoms with E-state index in [1.54, 1.807) is 0 Å². The fraction of sp³-hybridized carbons (Fsp3) is 0.150. The van der Waals surface area contributed by atoms with Crippen molar-refractivity contribution in [2.75, 3.05) is 16.8 Å². The average Bonchev–Trinajstić information content (AvgIpc) is 2.66. The van der Waals surface area contributed by atoms with Crippen LogP contribution >= 0.6 is 0 Å². The van der Waals surface area contributed by atoms with Crippen molar-refractivity contribution in [1.82, 2.24) is 9.97 Å². The maximum atomic E-state index is 13.3. The maximum absolute atomic E-state index is 13.3. The Morgan fingerprint density at radius 2 is 1.93 bits per heavy atom. The molecule has 0 bridgehead atoms. The molecule has 1 N–H and O–H groups in total. The van der Waals surface area contributed by atoms with Gasteiger partial charge >= 0.3 is 0 Å². The van der Waals surface area contributed by atoms with E-state index in [-0.39, 0.29) is 11.4 Å². The first-order chi connectivity index (χ1) is 13.0. The van der Waals surface area contributed by atoms with E-state index < -0.39 is 17.5 Å². The van der Waals surface area contributed by atoms with Gasteiger partial charge in [0.25, 0.3) is 5.91 Å². The number of aromatic nitrogens is 2. The van der Waals surface area contributed by atoms with Gasteiger partial charge in [-0.2, -0.15) is 0 Å².